The predicted octanol–water partition coefficient (Wildman–Crippen LogP) is 3.42. The summed E-state index contributed by atoms with van der Waals surface area (Å²) in [5.41, 5.74) is 0.629. The van der Waals surface area contributed by atoms with E-state index in [1.54, 1.807) is 17.7 Å². The van der Waals surface area contributed by atoms with Crippen molar-refractivity contribution in [1.82, 2.24) is 29.7 Å². The fourth-order valence-electron chi connectivity index (χ4n) is 3.23. The summed E-state index contributed by atoms with van der Waals surface area (Å²) >= 11 is 5.88. The van der Waals surface area contributed by atoms with Crippen LogP contribution in [0.5, 0.6) is 0 Å². The van der Waals surface area contributed by atoms with Crippen molar-refractivity contribution in [3.63, 3.8) is 0 Å². The van der Waals surface area contributed by atoms with Crippen LogP contribution in [-0.4, -0.2) is 50.0 Å². The Kier molecular flexibility index (Phi) is 6.68. The van der Waals surface area contributed by atoms with Crippen molar-refractivity contribution in [1.29, 1.82) is 0 Å². The third kappa shape index (κ3) is 4.89. The van der Waals surface area contributed by atoms with Gasteiger partial charge in [-0.05, 0) is 38.3 Å². The monoisotopic (exact) mass is 477 g/mol. The summed E-state index contributed by atoms with van der Waals surface area (Å²) in [6.45, 7) is 3.85. The maximum Gasteiger partial charge on any atom is 0.240 e. The lowest BCUT2D eigenvalue weighted by atomic mass is 10.2. The fourth-order valence-corrected chi connectivity index (χ4v) is 4.43. The average Bonchev–Trinajstić information content (AvgIpc) is 3.55. The van der Waals surface area contributed by atoms with Gasteiger partial charge in [-0.1, -0.05) is 24.6 Å². The summed E-state index contributed by atoms with van der Waals surface area (Å²) < 4.78 is 36.9. The smallest absolute Gasteiger partial charge is 0.240 e. The second kappa shape index (κ2) is 9.47. The Morgan fingerprint density at radius 1 is 1.22 bits per heavy atom. The molecule has 3 heterocycles. The number of nitrogens with one attached hydrogen (secondary N) is 1. The van der Waals surface area contributed by atoms with Gasteiger partial charge in [-0.25, -0.2) is 18.4 Å². The molecule has 0 bridgehead atoms. The third-order valence-electron chi connectivity index (χ3n) is 5.05. The van der Waals surface area contributed by atoms with Crippen molar-refractivity contribution in [2.75, 3.05) is 11.3 Å². The Morgan fingerprint density at radius 2 is 1.97 bits per heavy atom. The topological polar surface area (TPSA) is 125 Å². The highest BCUT2D eigenvalue weighted by molar-refractivity contribution is 7.93. The molecule has 4 rings (SSSR count). The second-order valence-electron chi connectivity index (χ2n) is 7.57. The van der Waals surface area contributed by atoms with E-state index in [0.29, 0.717) is 29.6 Å². The predicted molar refractivity (Wildman–Crippen MR) is 120 cm³/mol. The molecule has 0 radical (unpaired) electrons. The van der Waals surface area contributed by atoms with Crippen LogP contribution in [0.25, 0.3) is 11.5 Å². The van der Waals surface area contributed by atoms with E-state index in [2.05, 4.69) is 29.9 Å². The lowest BCUT2D eigenvalue weighted by Gasteiger charge is -2.23. The van der Waals surface area contributed by atoms with E-state index in [1.165, 1.54) is 12.4 Å². The highest BCUT2D eigenvalue weighted by Gasteiger charge is 2.37. The Balaban J connectivity index is 1.63. The zero-order chi connectivity index (χ0) is 22.7. The van der Waals surface area contributed by atoms with Gasteiger partial charge in [0, 0.05) is 31.2 Å². The molecule has 1 fully saturated rings. The molecule has 32 heavy (non-hydrogen) atoms. The molecule has 0 amide bonds. The Hall–Kier alpha value is -2.63. The summed E-state index contributed by atoms with van der Waals surface area (Å²) in [4.78, 5) is 12.7. The van der Waals surface area contributed by atoms with Gasteiger partial charge in [-0.3, -0.25) is 14.3 Å². The molecule has 1 aliphatic carbocycles. The van der Waals surface area contributed by atoms with Crippen molar-refractivity contribution < 1.29 is 13.2 Å². The van der Waals surface area contributed by atoms with E-state index in [-0.39, 0.29) is 17.8 Å². The maximum atomic E-state index is 13.3. The first kappa shape index (κ1) is 22.6. The first-order chi connectivity index (χ1) is 15.4. The largest absolute Gasteiger partial charge is 0.369 e. The zero-order valence-corrected chi connectivity index (χ0v) is 19.3. The average molecular weight is 478 g/mol. The molecule has 3 aromatic heterocycles. The van der Waals surface area contributed by atoms with Gasteiger partial charge in [0.25, 0.3) is 0 Å². The number of nitrogens with zero attached hydrogens (tertiary/aromatic N) is 6. The van der Waals surface area contributed by atoms with Gasteiger partial charge in [0.2, 0.25) is 16.0 Å². The van der Waals surface area contributed by atoms with Gasteiger partial charge < -0.3 is 4.74 Å². The molecule has 2 atom stereocenters. The molecular formula is C20H24ClN7O3S. The van der Waals surface area contributed by atoms with Crippen molar-refractivity contribution in [3.05, 3.63) is 47.6 Å². The number of hydrogen-bond donors (Lipinski definition) is 1. The summed E-state index contributed by atoms with van der Waals surface area (Å²) in [7, 11) is -3.93. The first-order valence-corrected chi connectivity index (χ1v) is 12.3. The molecule has 3 aromatic rings. The Morgan fingerprint density at radius 3 is 2.59 bits per heavy atom. The van der Waals surface area contributed by atoms with E-state index in [0.717, 1.165) is 12.8 Å². The standard InChI is InChI=1S/C20H24ClN7O3S/c1-3-10-31-17(18-23-11-14(21)12-24-18)13(2)32(29,30)27-20-26-25-19(28(20)15-7-8-15)16-6-4-5-9-22-16/h4-6,9,11-13,15,17H,3,7-8,10H2,1-2H3,(H,26,27)/t13-,17+/m0/s1. The van der Waals surface area contributed by atoms with E-state index in [1.807, 2.05) is 25.1 Å². The number of aromatic nitrogens is 6. The van der Waals surface area contributed by atoms with E-state index < -0.39 is 21.4 Å². The Bertz CT molecular complexity index is 1150. The van der Waals surface area contributed by atoms with Gasteiger partial charge in [-0.2, -0.15) is 0 Å². The molecule has 170 valence electrons. The lowest BCUT2D eigenvalue weighted by molar-refractivity contribution is 0.0466. The molecular weight excluding hydrogens is 454 g/mol. The van der Waals surface area contributed by atoms with Gasteiger partial charge in [0.05, 0.1) is 5.02 Å². The van der Waals surface area contributed by atoms with Crippen molar-refractivity contribution >= 4 is 27.6 Å². The fraction of sp³-hybridized carbons (Fsp3) is 0.450. The minimum atomic E-state index is -3.93. The lowest BCUT2D eigenvalue weighted by Crippen LogP contribution is -2.34. The van der Waals surface area contributed by atoms with Gasteiger partial charge >= 0.3 is 0 Å². The third-order valence-corrected chi connectivity index (χ3v) is 6.94. The van der Waals surface area contributed by atoms with Gasteiger partial charge in [-0.15, -0.1) is 10.2 Å². The molecule has 1 N–H and O–H groups in total. The van der Waals surface area contributed by atoms with Crippen molar-refractivity contribution in [3.8, 4) is 11.5 Å². The molecule has 0 unspecified atom stereocenters. The second-order valence-corrected chi connectivity index (χ2v) is 10.0. The van der Waals surface area contributed by atoms with Crippen molar-refractivity contribution in [2.45, 2.75) is 50.5 Å². The Labute approximate surface area is 191 Å². The van der Waals surface area contributed by atoms with Crippen LogP contribution in [0, 0.1) is 0 Å². The van der Waals surface area contributed by atoms with Crippen LogP contribution in [-0.2, 0) is 14.8 Å². The van der Waals surface area contributed by atoms with Crippen LogP contribution in [0.1, 0.15) is 51.1 Å². The van der Waals surface area contributed by atoms with E-state index >= 15 is 0 Å². The molecule has 1 saturated carbocycles. The first-order valence-electron chi connectivity index (χ1n) is 10.4. The molecule has 0 saturated heterocycles. The van der Waals surface area contributed by atoms with Crippen LogP contribution in [0.4, 0.5) is 5.95 Å². The van der Waals surface area contributed by atoms with Gasteiger partial charge in [0.1, 0.15) is 17.0 Å². The summed E-state index contributed by atoms with van der Waals surface area (Å²) in [5, 5.41) is 7.68. The normalized spacial score (nSPS) is 16.0. The minimum Gasteiger partial charge on any atom is -0.369 e. The van der Waals surface area contributed by atoms with Crippen LogP contribution in [0.2, 0.25) is 5.02 Å². The maximum absolute atomic E-state index is 13.3. The summed E-state index contributed by atoms with van der Waals surface area (Å²) in [6.07, 6.45) is 6.18. The van der Waals surface area contributed by atoms with E-state index in [9.17, 15) is 8.42 Å². The SMILES string of the molecule is CCCO[C@@H](c1ncc(Cl)cn1)[C@H](C)S(=O)(=O)Nc1nnc(-c2ccccn2)n1C1CC1. The summed E-state index contributed by atoms with van der Waals surface area (Å²) in [6, 6.07) is 5.60. The molecule has 1 aliphatic rings. The molecule has 0 spiro atoms. The van der Waals surface area contributed by atoms with Crippen LogP contribution >= 0.6 is 11.6 Å². The highest BCUT2D eigenvalue weighted by Crippen LogP contribution is 2.40. The molecule has 10 nitrogen and oxygen atoms in total. The number of pyridine rings is 1. The number of hydrogen-bond acceptors (Lipinski definition) is 8. The van der Waals surface area contributed by atoms with Crippen LogP contribution in [0.3, 0.4) is 0 Å². The van der Waals surface area contributed by atoms with Crippen LogP contribution < -0.4 is 4.72 Å². The van der Waals surface area contributed by atoms with Gasteiger partial charge in [0.15, 0.2) is 11.6 Å². The number of halogens is 1. The zero-order valence-electron chi connectivity index (χ0n) is 17.7. The molecule has 0 aliphatic heterocycles. The van der Waals surface area contributed by atoms with E-state index in [4.69, 9.17) is 16.3 Å². The van der Waals surface area contributed by atoms with Crippen molar-refractivity contribution in [2.24, 2.45) is 0 Å². The number of anilines is 1. The van der Waals surface area contributed by atoms with Crippen LogP contribution in [0.15, 0.2) is 36.8 Å². The minimum absolute atomic E-state index is 0.127. The quantitative estimate of drug-likeness (QED) is 0.470. The molecule has 12 heteroatoms. The molecule has 0 aromatic carbocycles. The number of ether oxygens (including phenoxy) is 1. The number of sulfonamides is 1. The number of rotatable bonds is 10. The highest BCUT2D eigenvalue weighted by atomic mass is 35.5. The summed E-state index contributed by atoms with van der Waals surface area (Å²) in [5.74, 6) is 0.933.